The molecule has 0 N–H and O–H groups in total. The molecule has 0 spiro atoms. The highest BCUT2D eigenvalue weighted by Crippen LogP contribution is 2.41. The van der Waals surface area contributed by atoms with Crippen molar-refractivity contribution in [3.8, 4) is 28.5 Å². The van der Waals surface area contributed by atoms with Crippen molar-refractivity contribution in [3.05, 3.63) is 83.4 Å². The molecule has 0 aliphatic heterocycles. The number of rotatable bonds is 8. The highest BCUT2D eigenvalue weighted by Gasteiger charge is 2.20. The third-order valence-electron chi connectivity index (χ3n) is 5.46. The Hall–Kier alpha value is -4.53. The number of Topliss-reactive ketones (excluding diaryl/α,β-unsaturated/α-hetero) is 1. The maximum Gasteiger partial charge on any atom is 0.339 e. The van der Waals surface area contributed by atoms with E-state index in [-0.39, 0.29) is 11.1 Å². The Morgan fingerprint density at radius 2 is 1.53 bits per heavy atom. The maximum absolute atomic E-state index is 13.9. The highest BCUT2D eigenvalue weighted by molar-refractivity contribution is 6.06. The summed E-state index contributed by atoms with van der Waals surface area (Å²) < 4.78 is 48.5. The molecule has 1 aromatic heterocycles. The van der Waals surface area contributed by atoms with Crippen LogP contribution in [-0.2, 0) is 4.74 Å². The molecular weight excluding hydrogens is 472 g/mol. The quantitative estimate of drug-likeness (QED) is 0.245. The number of fused-ring (bicyclic) bond motifs is 1. The number of carbonyl (C=O) groups is 2. The van der Waals surface area contributed by atoms with Crippen LogP contribution in [0.3, 0.4) is 0 Å². The average molecular weight is 493 g/mol. The molecule has 0 saturated carbocycles. The van der Waals surface area contributed by atoms with E-state index in [1.165, 1.54) is 27.4 Å². The zero-order chi connectivity index (χ0) is 25.8. The van der Waals surface area contributed by atoms with Crippen molar-refractivity contribution >= 4 is 22.7 Å². The molecule has 9 heteroatoms. The topological polar surface area (TPSA) is 84.0 Å². The second-order valence-electron chi connectivity index (χ2n) is 7.61. The standard InChI is InChI=1S/C27H21F2NO6/c1-33-24-10-15(11-25(34-2)26(24)35-3)22-13-19(17-6-4-5-7-21(17)30-22)27(32)36-14-23(31)18-9-8-16(28)12-20(18)29/h4-13H,14H2,1-3H3. The van der Waals surface area contributed by atoms with Crippen LogP contribution in [0.15, 0.2) is 60.7 Å². The number of para-hydroxylation sites is 1. The van der Waals surface area contributed by atoms with Gasteiger partial charge in [-0.15, -0.1) is 0 Å². The number of pyridine rings is 1. The number of hydrogen-bond donors (Lipinski definition) is 0. The van der Waals surface area contributed by atoms with Crippen LogP contribution in [0.1, 0.15) is 20.7 Å². The monoisotopic (exact) mass is 493 g/mol. The van der Waals surface area contributed by atoms with Crippen molar-refractivity contribution < 1.29 is 37.3 Å². The number of halogens is 2. The number of ether oxygens (including phenoxy) is 4. The molecule has 4 aromatic rings. The largest absolute Gasteiger partial charge is 0.493 e. The minimum atomic E-state index is -1.03. The van der Waals surface area contributed by atoms with E-state index in [1.54, 1.807) is 36.4 Å². The van der Waals surface area contributed by atoms with E-state index in [9.17, 15) is 18.4 Å². The smallest absolute Gasteiger partial charge is 0.339 e. The average Bonchev–Trinajstić information content (AvgIpc) is 2.89. The van der Waals surface area contributed by atoms with Crippen LogP contribution in [0.25, 0.3) is 22.2 Å². The lowest BCUT2D eigenvalue weighted by Gasteiger charge is -2.15. The molecule has 3 aromatic carbocycles. The lowest BCUT2D eigenvalue weighted by molar-refractivity contribution is 0.0475. The summed E-state index contributed by atoms with van der Waals surface area (Å²) in [5.41, 5.74) is 1.27. The zero-order valence-electron chi connectivity index (χ0n) is 19.6. The molecule has 0 saturated heterocycles. The van der Waals surface area contributed by atoms with Gasteiger partial charge in [-0.2, -0.15) is 0 Å². The first-order chi connectivity index (χ1) is 17.4. The number of aromatic nitrogens is 1. The van der Waals surface area contributed by atoms with Gasteiger partial charge in [-0.3, -0.25) is 4.79 Å². The Kier molecular flexibility index (Phi) is 7.10. The first-order valence-corrected chi connectivity index (χ1v) is 10.7. The van der Waals surface area contributed by atoms with Crippen LogP contribution in [-0.4, -0.2) is 44.7 Å². The Balaban J connectivity index is 1.71. The van der Waals surface area contributed by atoms with Gasteiger partial charge in [-0.25, -0.2) is 18.6 Å². The summed E-state index contributed by atoms with van der Waals surface area (Å²) >= 11 is 0. The summed E-state index contributed by atoms with van der Waals surface area (Å²) in [5.74, 6) is -2.26. The van der Waals surface area contributed by atoms with Gasteiger partial charge in [0.1, 0.15) is 11.6 Å². The van der Waals surface area contributed by atoms with Gasteiger partial charge in [-0.1, -0.05) is 18.2 Å². The van der Waals surface area contributed by atoms with E-state index in [0.29, 0.717) is 45.5 Å². The molecule has 0 bridgehead atoms. The molecule has 0 unspecified atom stereocenters. The van der Waals surface area contributed by atoms with Crippen LogP contribution in [0.2, 0.25) is 0 Å². The molecule has 0 aliphatic carbocycles. The number of benzene rings is 3. The van der Waals surface area contributed by atoms with Crippen LogP contribution >= 0.6 is 0 Å². The van der Waals surface area contributed by atoms with Gasteiger partial charge in [-0.05, 0) is 36.4 Å². The minimum Gasteiger partial charge on any atom is -0.493 e. The van der Waals surface area contributed by atoms with Gasteiger partial charge in [0.2, 0.25) is 11.5 Å². The molecule has 0 aliphatic rings. The SMILES string of the molecule is COc1cc(-c2cc(C(=O)OCC(=O)c3ccc(F)cc3F)c3ccccc3n2)cc(OC)c1OC. The molecule has 0 fully saturated rings. The number of ketones is 1. The van der Waals surface area contributed by atoms with Crippen molar-refractivity contribution in [3.63, 3.8) is 0 Å². The molecule has 0 amide bonds. The minimum absolute atomic E-state index is 0.150. The Morgan fingerprint density at radius 3 is 2.17 bits per heavy atom. The van der Waals surface area contributed by atoms with Crippen molar-refractivity contribution in [2.45, 2.75) is 0 Å². The second-order valence-corrected chi connectivity index (χ2v) is 7.61. The number of methoxy groups -OCH3 is 3. The van der Waals surface area contributed by atoms with Crippen molar-refractivity contribution in [2.75, 3.05) is 27.9 Å². The van der Waals surface area contributed by atoms with Gasteiger partial charge in [0.15, 0.2) is 18.1 Å². The Morgan fingerprint density at radius 1 is 0.833 bits per heavy atom. The van der Waals surface area contributed by atoms with Gasteiger partial charge in [0.25, 0.3) is 0 Å². The number of hydrogen-bond acceptors (Lipinski definition) is 7. The normalized spacial score (nSPS) is 10.7. The van der Waals surface area contributed by atoms with Crippen molar-refractivity contribution in [2.24, 2.45) is 0 Å². The van der Waals surface area contributed by atoms with Crippen LogP contribution in [0.5, 0.6) is 17.2 Å². The molecule has 0 radical (unpaired) electrons. The number of esters is 1. The van der Waals surface area contributed by atoms with Crippen molar-refractivity contribution in [1.82, 2.24) is 4.98 Å². The van der Waals surface area contributed by atoms with Gasteiger partial charge >= 0.3 is 5.97 Å². The fraction of sp³-hybridized carbons (Fsp3) is 0.148. The fourth-order valence-electron chi connectivity index (χ4n) is 3.72. The molecular formula is C27H21F2NO6. The van der Waals surface area contributed by atoms with Gasteiger partial charge < -0.3 is 18.9 Å². The molecule has 36 heavy (non-hydrogen) atoms. The van der Waals surface area contributed by atoms with E-state index in [2.05, 4.69) is 4.98 Å². The summed E-state index contributed by atoms with van der Waals surface area (Å²) in [6, 6.07) is 14.4. The summed E-state index contributed by atoms with van der Waals surface area (Å²) in [6.45, 7) is -0.725. The maximum atomic E-state index is 13.9. The van der Waals surface area contributed by atoms with E-state index in [1.807, 2.05) is 0 Å². The number of carbonyl (C=O) groups excluding carboxylic acids is 2. The summed E-state index contributed by atoms with van der Waals surface area (Å²) in [4.78, 5) is 30.1. The predicted molar refractivity (Wildman–Crippen MR) is 128 cm³/mol. The van der Waals surface area contributed by atoms with Gasteiger partial charge in [0.05, 0.1) is 43.7 Å². The summed E-state index contributed by atoms with van der Waals surface area (Å²) in [7, 11) is 4.46. The van der Waals surface area contributed by atoms with E-state index in [4.69, 9.17) is 18.9 Å². The molecule has 1 heterocycles. The summed E-state index contributed by atoms with van der Waals surface area (Å²) in [6.07, 6.45) is 0. The van der Waals surface area contributed by atoms with Crippen LogP contribution in [0.4, 0.5) is 8.78 Å². The van der Waals surface area contributed by atoms with Crippen LogP contribution in [0, 0.1) is 11.6 Å². The summed E-state index contributed by atoms with van der Waals surface area (Å²) in [5, 5.41) is 0.499. The van der Waals surface area contributed by atoms with Gasteiger partial charge in [0, 0.05) is 17.0 Å². The van der Waals surface area contributed by atoms with Crippen LogP contribution < -0.4 is 14.2 Å². The lowest BCUT2D eigenvalue weighted by Crippen LogP contribution is -2.16. The number of nitrogens with zero attached hydrogens (tertiary/aromatic N) is 1. The second kappa shape index (κ2) is 10.4. The first kappa shape index (κ1) is 24.6. The Labute approximate surface area is 205 Å². The zero-order valence-corrected chi connectivity index (χ0v) is 19.6. The molecule has 7 nitrogen and oxygen atoms in total. The highest BCUT2D eigenvalue weighted by atomic mass is 19.1. The third-order valence-corrected chi connectivity index (χ3v) is 5.46. The Bertz CT molecular complexity index is 1450. The van der Waals surface area contributed by atoms with E-state index in [0.717, 1.165) is 12.1 Å². The molecule has 4 rings (SSSR count). The predicted octanol–water partition coefficient (Wildman–Crippen LogP) is 5.25. The van der Waals surface area contributed by atoms with E-state index >= 15 is 0 Å². The fourth-order valence-corrected chi connectivity index (χ4v) is 3.72. The first-order valence-electron chi connectivity index (χ1n) is 10.7. The molecule has 184 valence electrons. The lowest BCUT2D eigenvalue weighted by atomic mass is 10.0. The molecule has 0 atom stereocenters. The van der Waals surface area contributed by atoms with Crippen molar-refractivity contribution in [1.29, 1.82) is 0 Å². The van der Waals surface area contributed by atoms with E-state index < -0.39 is 30.0 Å². The third kappa shape index (κ3) is 4.81.